The molecule has 1 amide bonds. The summed E-state index contributed by atoms with van der Waals surface area (Å²) in [5.41, 5.74) is 1.90. The number of halogens is 3. The van der Waals surface area contributed by atoms with Crippen molar-refractivity contribution in [3.05, 3.63) is 53.7 Å². The van der Waals surface area contributed by atoms with E-state index >= 15 is 0 Å². The molecule has 0 fully saturated rings. The average molecular weight is 310 g/mol. The van der Waals surface area contributed by atoms with Crippen molar-refractivity contribution in [2.45, 2.75) is 13.1 Å². The van der Waals surface area contributed by atoms with E-state index in [9.17, 15) is 18.0 Å². The number of benzene rings is 1. The van der Waals surface area contributed by atoms with Gasteiger partial charge in [-0.25, -0.2) is 4.98 Å². The zero-order valence-corrected chi connectivity index (χ0v) is 11.6. The number of carbonyl (C=O) groups excluding carboxylic acids is 1. The number of alkyl halides is 3. The number of hydrogen-bond donors (Lipinski definition) is 1. The molecule has 0 radical (unpaired) electrons. The number of pyridine rings is 1. The summed E-state index contributed by atoms with van der Waals surface area (Å²) in [6, 6.07) is 9.77. The predicted octanol–water partition coefficient (Wildman–Crippen LogP) is 3.58. The Morgan fingerprint density at radius 2 is 1.86 bits per heavy atom. The summed E-state index contributed by atoms with van der Waals surface area (Å²) in [7, 11) is 0. The summed E-state index contributed by atoms with van der Waals surface area (Å²) in [6.45, 7) is 0.504. The van der Waals surface area contributed by atoms with Crippen LogP contribution >= 0.6 is 0 Å². The number of nitrogens with one attached hydrogen (secondary N) is 1. The Labute approximate surface area is 124 Å². The maximum absolute atomic E-state index is 12.0. The van der Waals surface area contributed by atoms with E-state index in [1.54, 1.807) is 12.1 Å². The lowest BCUT2D eigenvalue weighted by molar-refractivity contribution is -0.154. The molecule has 0 atom stereocenters. The molecular formula is C15H13F3N2O2. The molecule has 2 aromatic rings. The van der Waals surface area contributed by atoms with Gasteiger partial charge in [-0.15, -0.1) is 0 Å². The topological polar surface area (TPSA) is 51.2 Å². The van der Waals surface area contributed by atoms with E-state index < -0.39 is 18.7 Å². The molecule has 7 heteroatoms. The van der Waals surface area contributed by atoms with E-state index in [0.29, 0.717) is 5.69 Å². The number of rotatable bonds is 4. The summed E-state index contributed by atoms with van der Waals surface area (Å²) >= 11 is 0. The molecule has 1 N–H and O–H groups in total. The number of aryl methyl sites for hydroxylation is 1. The van der Waals surface area contributed by atoms with Gasteiger partial charge >= 0.3 is 6.18 Å². The monoisotopic (exact) mass is 310 g/mol. The smallest absolute Gasteiger partial charge is 0.422 e. The quantitative estimate of drug-likeness (QED) is 0.939. The summed E-state index contributed by atoms with van der Waals surface area (Å²) in [4.78, 5) is 15.6. The third-order valence-corrected chi connectivity index (χ3v) is 2.69. The highest BCUT2D eigenvalue weighted by Crippen LogP contribution is 2.17. The van der Waals surface area contributed by atoms with Gasteiger partial charge in [-0.3, -0.25) is 4.79 Å². The third-order valence-electron chi connectivity index (χ3n) is 2.69. The SMILES string of the molecule is Cc1ccc(NC(=O)c2ccc(OCC(F)(F)F)nc2)cc1. The highest BCUT2D eigenvalue weighted by atomic mass is 19.4. The summed E-state index contributed by atoms with van der Waals surface area (Å²) in [5, 5.41) is 2.66. The Morgan fingerprint density at radius 3 is 2.41 bits per heavy atom. The number of nitrogens with zero attached hydrogens (tertiary/aromatic N) is 1. The Morgan fingerprint density at radius 1 is 1.18 bits per heavy atom. The fourth-order valence-electron chi connectivity index (χ4n) is 1.60. The first kappa shape index (κ1) is 15.8. The van der Waals surface area contributed by atoms with Crippen LogP contribution in [0.3, 0.4) is 0 Å². The van der Waals surface area contributed by atoms with Crippen molar-refractivity contribution in [3.63, 3.8) is 0 Å². The molecular weight excluding hydrogens is 297 g/mol. The van der Waals surface area contributed by atoms with Gasteiger partial charge in [0.2, 0.25) is 5.88 Å². The normalized spacial score (nSPS) is 11.1. The molecule has 1 aromatic carbocycles. The largest absolute Gasteiger partial charge is 0.468 e. The maximum atomic E-state index is 12.0. The third kappa shape index (κ3) is 4.76. The van der Waals surface area contributed by atoms with Gasteiger partial charge < -0.3 is 10.1 Å². The van der Waals surface area contributed by atoms with Gasteiger partial charge in [-0.05, 0) is 25.1 Å². The average Bonchev–Trinajstić information content (AvgIpc) is 2.47. The standard InChI is InChI=1S/C15H13F3N2O2/c1-10-2-5-12(6-3-10)20-14(21)11-4-7-13(19-8-11)22-9-15(16,17)18/h2-8H,9H2,1H3,(H,20,21). The molecule has 116 valence electrons. The minimum Gasteiger partial charge on any atom is -0.468 e. The zero-order chi connectivity index (χ0) is 16.2. The van der Waals surface area contributed by atoms with Crippen LogP contribution in [0.25, 0.3) is 0 Å². The lowest BCUT2D eigenvalue weighted by Gasteiger charge is -2.09. The van der Waals surface area contributed by atoms with Gasteiger partial charge in [0, 0.05) is 18.0 Å². The van der Waals surface area contributed by atoms with E-state index in [1.165, 1.54) is 12.1 Å². The van der Waals surface area contributed by atoms with Crippen molar-refractivity contribution in [1.29, 1.82) is 0 Å². The van der Waals surface area contributed by atoms with Crippen molar-refractivity contribution in [2.24, 2.45) is 0 Å². The first-order valence-corrected chi connectivity index (χ1v) is 6.37. The van der Waals surface area contributed by atoms with E-state index in [-0.39, 0.29) is 11.4 Å². The minimum absolute atomic E-state index is 0.191. The number of amides is 1. The highest BCUT2D eigenvalue weighted by molar-refractivity contribution is 6.04. The second-order valence-corrected chi connectivity index (χ2v) is 4.61. The van der Waals surface area contributed by atoms with Crippen molar-refractivity contribution in [2.75, 3.05) is 11.9 Å². The van der Waals surface area contributed by atoms with Crippen molar-refractivity contribution in [1.82, 2.24) is 4.98 Å². The van der Waals surface area contributed by atoms with E-state index in [2.05, 4.69) is 15.0 Å². The number of hydrogen-bond acceptors (Lipinski definition) is 3. The first-order chi connectivity index (χ1) is 10.3. The van der Waals surface area contributed by atoms with Crippen LogP contribution in [0, 0.1) is 6.92 Å². The van der Waals surface area contributed by atoms with Crippen LogP contribution in [0.4, 0.5) is 18.9 Å². The number of anilines is 1. The van der Waals surface area contributed by atoms with Crippen LogP contribution in [-0.4, -0.2) is 23.7 Å². The predicted molar refractivity (Wildman–Crippen MR) is 74.9 cm³/mol. The van der Waals surface area contributed by atoms with Gasteiger partial charge in [-0.1, -0.05) is 17.7 Å². The molecule has 2 rings (SSSR count). The first-order valence-electron chi connectivity index (χ1n) is 6.37. The molecule has 4 nitrogen and oxygen atoms in total. The van der Waals surface area contributed by atoms with Crippen LogP contribution in [0.5, 0.6) is 5.88 Å². The molecule has 0 saturated carbocycles. The van der Waals surface area contributed by atoms with Gasteiger partial charge in [0.1, 0.15) is 0 Å². The zero-order valence-electron chi connectivity index (χ0n) is 11.6. The van der Waals surface area contributed by atoms with Crippen LogP contribution in [0.15, 0.2) is 42.6 Å². The molecule has 0 saturated heterocycles. The van der Waals surface area contributed by atoms with Gasteiger partial charge in [0.05, 0.1) is 5.56 Å². The molecule has 0 unspecified atom stereocenters. The maximum Gasteiger partial charge on any atom is 0.422 e. The summed E-state index contributed by atoms with van der Waals surface area (Å²) in [5.74, 6) is -0.595. The molecule has 0 aliphatic rings. The Kier molecular flexibility index (Phi) is 4.65. The second-order valence-electron chi connectivity index (χ2n) is 4.61. The molecule has 0 aliphatic heterocycles. The molecule has 0 spiro atoms. The molecule has 1 aromatic heterocycles. The number of aromatic nitrogens is 1. The Balaban J connectivity index is 1.97. The van der Waals surface area contributed by atoms with Crippen molar-refractivity contribution >= 4 is 11.6 Å². The number of ether oxygens (including phenoxy) is 1. The molecule has 0 bridgehead atoms. The van der Waals surface area contributed by atoms with Gasteiger partial charge in [0.25, 0.3) is 5.91 Å². The summed E-state index contributed by atoms with van der Waals surface area (Å²) in [6.07, 6.45) is -3.27. The van der Waals surface area contributed by atoms with Gasteiger partial charge in [-0.2, -0.15) is 13.2 Å². The van der Waals surface area contributed by atoms with E-state index in [4.69, 9.17) is 0 Å². The minimum atomic E-state index is -4.43. The molecule has 22 heavy (non-hydrogen) atoms. The van der Waals surface area contributed by atoms with Crippen LogP contribution < -0.4 is 10.1 Å². The lowest BCUT2D eigenvalue weighted by Crippen LogP contribution is -2.19. The van der Waals surface area contributed by atoms with Crippen LogP contribution in [0.2, 0.25) is 0 Å². The fraction of sp³-hybridized carbons (Fsp3) is 0.200. The summed E-state index contributed by atoms with van der Waals surface area (Å²) < 4.78 is 40.5. The highest BCUT2D eigenvalue weighted by Gasteiger charge is 2.28. The van der Waals surface area contributed by atoms with Crippen molar-refractivity contribution in [3.8, 4) is 5.88 Å². The number of carbonyl (C=O) groups is 1. The van der Waals surface area contributed by atoms with E-state index in [1.807, 2.05) is 19.1 Å². The van der Waals surface area contributed by atoms with Crippen molar-refractivity contribution < 1.29 is 22.7 Å². The van der Waals surface area contributed by atoms with E-state index in [0.717, 1.165) is 11.8 Å². The van der Waals surface area contributed by atoms with Crippen LogP contribution in [-0.2, 0) is 0 Å². The Hall–Kier alpha value is -2.57. The second kappa shape index (κ2) is 6.46. The lowest BCUT2D eigenvalue weighted by atomic mass is 10.2. The Bertz CT molecular complexity index is 637. The molecule has 1 heterocycles. The van der Waals surface area contributed by atoms with Crippen LogP contribution in [0.1, 0.15) is 15.9 Å². The van der Waals surface area contributed by atoms with Gasteiger partial charge in [0.15, 0.2) is 6.61 Å². The fourth-order valence-corrected chi connectivity index (χ4v) is 1.60. The molecule has 0 aliphatic carbocycles.